The number of carbonyl (C=O) groups excluding carboxylic acids is 1. The lowest BCUT2D eigenvalue weighted by Gasteiger charge is -2.30. The molecule has 35 heavy (non-hydrogen) atoms. The van der Waals surface area contributed by atoms with E-state index >= 15 is 0 Å². The van der Waals surface area contributed by atoms with E-state index in [0.717, 1.165) is 34.1 Å². The molecule has 0 saturated carbocycles. The topological polar surface area (TPSA) is 60.0 Å². The molecule has 182 valence electrons. The number of benzene rings is 3. The summed E-state index contributed by atoms with van der Waals surface area (Å²) >= 11 is 0. The maximum absolute atomic E-state index is 13.4. The van der Waals surface area contributed by atoms with Crippen molar-refractivity contribution < 1.29 is 19.0 Å². The predicted octanol–water partition coefficient (Wildman–Crippen LogP) is 5.97. The molecule has 0 radical (unpaired) electrons. The minimum atomic E-state index is -0.349. The molecule has 0 amide bonds. The predicted molar refractivity (Wildman–Crippen MR) is 139 cm³/mol. The van der Waals surface area contributed by atoms with Gasteiger partial charge in [0.2, 0.25) is 0 Å². The van der Waals surface area contributed by atoms with Gasteiger partial charge in [-0.2, -0.15) is 0 Å². The zero-order valence-electron chi connectivity index (χ0n) is 20.5. The van der Waals surface area contributed by atoms with Gasteiger partial charge in [0.05, 0.1) is 49.4 Å². The quantitative estimate of drug-likeness (QED) is 0.367. The fraction of sp³-hybridized carbons (Fsp3) is 0.276. The molecule has 3 aromatic carbocycles. The average Bonchev–Trinajstić information content (AvgIpc) is 3.25. The summed E-state index contributed by atoms with van der Waals surface area (Å²) in [6, 6.07) is 25.4. The Morgan fingerprint density at radius 3 is 2.17 bits per heavy atom. The number of rotatable bonds is 10. The van der Waals surface area contributed by atoms with Crippen molar-refractivity contribution in [2.45, 2.75) is 26.8 Å². The van der Waals surface area contributed by atoms with Gasteiger partial charge in [0.25, 0.3) is 0 Å². The molecule has 1 N–H and O–H groups in total. The first kappa shape index (κ1) is 24.2. The molecule has 0 bridgehead atoms. The van der Waals surface area contributed by atoms with Crippen LogP contribution in [0.4, 0.5) is 11.4 Å². The number of carbonyl (C=O) groups is 1. The first-order valence-electron chi connectivity index (χ1n) is 12.1. The highest BCUT2D eigenvalue weighted by Gasteiger charge is 2.40. The van der Waals surface area contributed by atoms with Gasteiger partial charge < -0.3 is 24.4 Å². The Bertz CT molecular complexity index is 1180. The molecule has 1 aliphatic rings. The maximum Gasteiger partial charge on any atom is 0.338 e. The second kappa shape index (κ2) is 11.5. The van der Waals surface area contributed by atoms with Crippen molar-refractivity contribution in [1.82, 2.24) is 0 Å². The summed E-state index contributed by atoms with van der Waals surface area (Å²) in [6.07, 6.45) is 0. The molecule has 0 spiro atoms. The van der Waals surface area contributed by atoms with Crippen LogP contribution in [-0.2, 0) is 9.53 Å². The van der Waals surface area contributed by atoms with Crippen LogP contribution in [0, 0.1) is 0 Å². The van der Waals surface area contributed by atoms with Crippen molar-refractivity contribution in [1.29, 1.82) is 0 Å². The number of anilines is 2. The highest BCUT2D eigenvalue weighted by atomic mass is 16.5. The van der Waals surface area contributed by atoms with Crippen LogP contribution in [0.2, 0.25) is 0 Å². The Morgan fingerprint density at radius 1 is 0.829 bits per heavy atom. The molecule has 1 heterocycles. The van der Waals surface area contributed by atoms with Crippen LogP contribution >= 0.6 is 0 Å². The van der Waals surface area contributed by atoms with Crippen LogP contribution in [0.25, 0.3) is 0 Å². The first-order valence-corrected chi connectivity index (χ1v) is 12.1. The zero-order chi connectivity index (χ0) is 24.6. The summed E-state index contributed by atoms with van der Waals surface area (Å²) in [4.78, 5) is 15.6. The third-order valence-electron chi connectivity index (χ3n) is 5.80. The van der Waals surface area contributed by atoms with Crippen molar-refractivity contribution in [3.05, 3.63) is 95.7 Å². The molecule has 1 atom stereocenters. The summed E-state index contributed by atoms with van der Waals surface area (Å²) < 4.78 is 17.4. The van der Waals surface area contributed by atoms with E-state index in [9.17, 15) is 4.79 Å². The summed E-state index contributed by atoms with van der Waals surface area (Å²) in [6.45, 7) is 7.60. The van der Waals surface area contributed by atoms with Crippen LogP contribution < -0.4 is 19.7 Å². The lowest BCUT2D eigenvalue weighted by atomic mass is 9.98. The molecule has 0 aromatic heterocycles. The minimum absolute atomic E-state index is 0.294. The fourth-order valence-corrected chi connectivity index (χ4v) is 4.41. The largest absolute Gasteiger partial charge is 0.492 e. The Labute approximate surface area is 207 Å². The van der Waals surface area contributed by atoms with Crippen molar-refractivity contribution >= 4 is 17.3 Å². The molecule has 0 fully saturated rings. The lowest BCUT2D eigenvalue weighted by molar-refractivity contribution is -0.138. The first-order chi connectivity index (χ1) is 17.2. The number of hydrogen-bond donors (Lipinski definition) is 1. The van der Waals surface area contributed by atoms with E-state index in [4.69, 9.17) is 14.2 Å². The van der Waals surface area contributed by atoms with E-state index in [-0.39, 0.29) is 12.0 Å². The normalized spacial score (nSPS) is 15.2. The summed E-state index contributed by atoms with van der Waals surface area (Å²) in [5.74, 6) is 1.17. The number of hydrogen-bond acceptors (Lipinski definition) is 6. The van der Waals surface area contributed by atoms with E-state index in [2.05, 4.69) is 10.2 Å². The number of esters is 1. The Balaban J connectivity index is 1.85. The van der Waals surface area contributed by atoms with Gasteiger partial charge in [-0.05, 0) is 50.6 Å². The third-order valence-corrected chi connectivity index (χ3v) is 5.80. The zero-order valence-corrected chi connectivity index (χ0v) is 20.5. The van der Waals surface area contributed by atoms with Gasteiger partial charge in [0.1, 0.15) is 11.5 Å². The molecule has 6 nitrogen and oxygen atoms in total. The van der Waals surface area contributed by atoms with Gasteiger partial charge in [0.15, 0.2) is 0 Å². The van der Waals surface area contributed by atoms with Gasteiger partial charge in [-0.25, -0.2) is 4.79 Å². The van der Waals surface area contributed by atoms with Crippen molar-refractivity contribution in [2.75, 3.05) is 36.6 Å². The fourth-order valence-electron chi connectivity index (χ4n) is 4.41. The Kier molecular flexibility index (Phi) is 7.93. The van der Waals surface area contributed by atoms with Crippen LogP contribution in [-0.4, -0.2) is 32.3 Å². The molecular formula is C29H32N2O4. The van der Waals surface area contributed by atoms with Crippen LogP contribution in [0.5, 0.6) is 11.5 Å². The summed E-state index contributed by atoms with van der Waals surface area (Å²) in [5, 5.41) is 3.51. The number of ether oxygens (including phenoxy) is 3. The minimum Gasteiger partial charge on any atom is -0.492 e. The van der Waals surface area contributed by atoms with Gasteiger partial charge in [-0.3, -0.25) is 0 Å². The second-order valence-electron chi connectivity index (χ2n) is 8.01. The third kappa shape index (κ3) is 5.27. The molecule has 1 aliphatic heterocycles. The Hall–Kier alpha value is -3.93. The highest BCUT2D eigenvalue weighted by molar-refractivity contribution is 5.95. The SMILES string of the molecule is CCOC(=O)C1=C(Nc2ccccc2OCC)CN(c2ccccc2OCC)C1c1ccccc1. The molecule has 0 saturated heterocycles. The van der Waals surface area contributed by atoms with Crippen molar-refractivity contribution in [3.8, 4) is 11.5 Å². The summed E-state index contributed by atoms with van der Waals surface area (Å²) in [5.41, 5.74) is 4.07. The highest BCUT2D eigenvalue weighted by Crippen LogP contribution is 2.44. The van der Waals surface area contributed by atoms with E-state index in [1.807, 2.05) is 99.6 Å². The van der Waals surface area contributed by atoms with E-state index in [1.165, 1.54) is 0 Å². The number of para-hydroxylation sites is 4. The smallest absolute Gasteiger partial charge is 0.338 e. The lowest BCUT2D eigenvalue weighted by Crippen LogP contribution is -2.28. The number of nitrogens with zero attached hydrogens (tertiary/aromatic N) is 1. The maximum atomic E-state index is 13.4. The molecule has 1 unspecified atom stereocenters. The van der Waals surface area contributed by atoms with E-state index in [0.29, 0.717) is 31.9 Å². The monoisotopic (exact) mass is 472 g/mol. The standard InChI is InChI=1S/C29H32N2O4/c1-4-33-25-18-12-10-16-22(25)30-23-20-31(24-17-11-13-19-26(24)34-5-2)28(21-14-8-7-9-15-21)27(23)29(32)35-6-3/h7-19,28,30H,4-6,20H2,1-3H3. The molecular weight excluding hydrogens is 440 g/mol. The van der Waals surface area contributed by atoms with Crippen LogP contribution in [0.1, 0.15) is 32.4 Å². The second-order valence-corrected chi connectivity index (χ2v) is 8.01. The number of nitrogens with one attached hydrogen (secondary N) is 1. The van der Waals surface area contributed by atoms with Crippen molar-refractivity contribution in [2.24, 2.45) is 0 Å². The van der Waals surface area contributed by atoms with Crippen molar-refractivity contribution in [3.63, 3.8) is 0 Å². The van der Waals surface area contributed by atoms with Gasteiger partial charge in [-0.15, -0.1) is 0 Å². The average molecular weight is 473 g/mol. The van der Waals surface area contributed by atoms with Crippen LogP contribution in [0.15, 0.2) is 90.1 Å². The van der Waals surface area contributed by atoms with Crippen LogP contribution in [0.3, 0.4) is 0 Å². The molecule has 3 aromatic rings. The molecule has 4 rings (SSSR count). The van der Waals surface area contributed by atoms with Gasteiger partial charge in [0, 0.05) is 5.70 Å². The summed E-state index contributed by atoms with van der Waals surface area (Å²) in [7, 11) is 0. The Morgan fingerprint density at radius 2 is 1.46 bits per heavy atom. The van der Waals surface area contributed by atoms with Gasteiger partial charge >= 0.3 is 5.97 Å². The van der Waals surface area contributed by atoms with E-state index < -0.39 is 0 Å². The van der Waals surface area contributed by atoms with E-state index in [1.54, 1.807) is 0 Å². The molecule has 6 heteroatoms. The van der Waals surface area contributed by atoms with Gasteiger partial charge in [-0.1, -0.05) is 54.6 Å². The molecule has 0 aliphatic carbocycles.